The molecular formula is C35H47ClO6. The van der Waals surface area contributed by atoms with E-state index in [1.165, 1.54) is 12.8 Å². The molecule has 0 heterocycles. The van der Waals surface area contributed by atoms with E-state index in [1.54, 1.807) is 0 Å². The molecule has 0 aromatic heterocycles. The van der Waals surface area contributed by atoms with Gasteiger partial charge >= 0.3 is 0 Å². The number of rotatable bonds is 25. The first-order chi connectivity index (χ1) is 20.9. The molecule has 0 fully saturated rings. The lowest BCUT2D eigenvalue weighted by atomic mass is 9.80. The van der Waals surface area contributed by atoms with Crippen molar-refractivity contribution in [1.82, 2.24) is 0 Å². The van der Waals surface area contributed by atoms with Gasteiger partial charge in [0.15, 0.2) is 0 Å². The van der Waals surface area contributed by atoms with E-state index in [-0.39, 0.29) is 0 Å². The van der Waals surface area contributed by atoms with Gasteiger partial charge in [0, 0.05) is 12.5 Å². The van der Waals surface area contributed by atoms with Gasteiger partial charge in [-0.25, -0.2) is 0 Å². The quantitative estimate of drug-likeness (QED) is 0.0602. The summed E-state index contributed by atoms with van der Waals surface area (Å²) in [6, 6.07) is 31.1. The molecule has 42 heavy (non-hydrogen) atoms. The van der Waals surface area contributed by atoms with E-state index in [0.717, 1.165) is 42.0 Å². The minimum atomic E-state index is -0.734. The zero-order valence-corrected chi connectivity index (χ0v) is 25.6. The third kappa shape index (κ3) is 12.5. The van der Waals surface area contributed by atoms with Crippen LogP contribution in [0.2, 0.25) is 0 Å². The molecule has 0 radical (unpaired) electrons. The Bertz CT molecular complexity index is 925. The van der Waals surface area contributed by atoms with E-state index < -0.39 is 5.60 Å². The highest BCUT2D eigenvalue weighted by Crippen LogP contribution is 2.40. The second kappa shape index (κ2) is 22.3. The number of unbranched alkanes of at least 4 members (excludes halogenated alkanes) is 3. The van der Waals surface area contributed by atoms with Crippen LogP contribution in [0.1, 0.15) is 42.4 Å². The monoisotopic (exact) mass is 598 g/mol. The molecule has 6 nitrogen and oxygen atoms in total. The normalized spacial score (nSPS) is 11.6. The molecule has 0 spiro atoms. The van der Waals surface area contributed by atoms with Crippen molar-refractivity contribution >= 4 is 11.6 Å². The van der Waals surface area contributed by atoms with Crippen LogP contribution in [-0.2, 0) is 34.0 Å². The van der Waals surface area contributed by atoms with Gasteiger partial charge in [0.1, 0.15) is 5.60 Å². The molecule has 0 N–H and O–H groups in total. The summed E-state index contributed by atoms with van der Waals surface area (Å²) in [6.07, 6.45) is 4.51. The second-order valence-electron chi connectivity index (χ2n) is 9.79. The van der Waals surface area contributed by atoms with Gasteiger partial charge in [0.25, 0.3) is 0 Å². The van der Waals surface area contributed by atoms with Crippen molar-refractivity contribution < 1.29 is 28.4 Å². The van der Waals surface area contributed by atoms with E-state index in [1.807, 2.05) is 54.6 Å². The van der Waals surface area contributed by atoms with Gasteiger partial charge in [-0.15, -0.1) is 11.6 Å². The van der Waals surface area contributed by atoms with Crippen molar-refractivity contribution in [2.24, 2.45) is 0 Å². The number of halogens is 1. The van der Waals surface area contributed by atoms with Crippen LogP contribution in [0.4, 0.5) is 0 Å². The molecule has 230 valence electrons. The molecule has 0 unspecified atom stereocenters. The van der Waals surface area contributed by atoms with Crippen LogP contribution >= 0.6 is 11.6 Å². The molecular weight excluding hydrogens is 552 g/mol. The van der Waals surface area contributed by atoms with E-state index in [9.17, 15) is 0 Å². The lowest BCUT2D eigenvalue weighted by Gasteiger charge is -2.36. The maximum absolute atomic E-state index is 6.72. The molecule has 0 saturated carbocycles. The van der Waals surface area contributed by atoms with Gasteiger partial charge in [0.2, 0.25) is 0 Å². The summed E-state index contributed by atoms with van der Waals surface area (Å²) in [5.41, 5.74) is 2.50. The summed E-state index contributed by atoms with van der Waals surface area (Å²) >= 11 is 5.67. The average Bonchev–Trinajstić information content (AvgIpc) is 3.05. The lowest BCUT2D eigenvalue weighted by Crippen LogP contribution is -2.34. The number of hydrogen-bond acceptors (Lipinski definition) is 6. The van der Waals surface area contributed by atoms with E-state index in [0.29, 0.717) is 66.1 Å². The van der Waals surface area contributed by atoms with Crippen molar-refractivity contribution in [1.29, 1.82) is 0 Å². The molecule has 0 aliphatic rings. The van der Waals surface area contributed by atoms with Crippen molar-refractivity contribution in [2.45, 2.75) is 31.3 Å². The van der Waals surface area contributed by atoms with Crippen molar-refractivity contribution in [3.05, 3.63) is 108 Å². The third-order valence-corrected chi connectivity index (χ3v) is 7.01. The Hall–Kier alpha value is -2.29. The molecule has 0 amide bonds. The highest BCUT2D eigenvalue weighted by molar-refractivity contribution is 6.17. The molecule has 0 atom stereocenters. The van der Waals surface area contributed by atoms with Crippen molar-refractivity contribution in [3.8, 4) is 0 Å². The Labute approximate surface area is 257 Å². The van der Waals surface area contributed by atoms with Crippen molar-refractivity contribution in [2.75, 3.05) is 78.6 Å². The number of ether oxygens (including phenoxy) is 6. The first-order valence-corrected chi connectivity index (χ1v) is 15.7. The third-order valence-electron chi connectivity index (χ3n) is 6.75. The number of benzene rings is 3. The van der Waals surface area contributed by atoms with Crippen LogP contribution in [0.15, 0.2) is 91.0 Å². The Morgan fingerprint density at radius 2 is 0.714 bits per heavy atom. The Morgan fingerprint density at radius 3 is 1.10 bits per heavy atom. The zero-order valence-electron chi connectivity index (χ0n) is 24.8. The largest absolute Gasteiger partial charge is 0.379 e. The maximum Gasteiger partial charge on any atom is 0.143 e. The Kier molecular flexibility index (Phi) is 18.1. The highest BCUT2D eigenvalue weighted by Gasteiger charge is 2.37. The van der Waals surface area contributed by atoms with Gasteiger partial charge in [-0.3, -0.25) is 0 Å². The van der Waals surface area contributed by atoms with Crippen LogP contribution in [0.5, 0.6) is 0 Å². The van der Waals surface area contributed by atoms with Gasteiger partial charge in [-0.1, -0.05) is 104 Å². The summed E-state index contributed by atoms with van der Waals surface area (Å²) in [5, 5.41) is 0. The lowest BCUT2D eigenvalue weighted by molar-refractivity contribution is -0.0391. The second-order valence-corrected chi connectivity index (χ2v) is 10.2. The van der Waals surface area contributed by atoms with E-state index in [4.69, 9.17) is 40.0 Å². The van der Waals surface area contributed by atoms with Crippen LogP contribution in [0, 0.1) is 0 Å². The molecule has 3 aromatic rings. The molecule has 0 bridgehead atoms. The molecule has 7 heteroatoms. The van der Waals surface area contributed by atoms with Crippen molar-refractivity contribution in [3.63, 3.8) is 0 Å². The summed E-state index contributed by atoms with van der Waals surface area (Å²) in [7, 11) is 0. The summed E-state index contributed by atoms with van der Waals surface area (Å²) in [6.45, 7) is 6.03. The predicted molar refractivity (Wildman–Crippen MR) is 168 cm³/mol. The van der Waals surface area contributed by atoms with Gasteiger partial charge in [-0.2, -0.15) is 0 Å². The van der Waals surface area contributed by atoms with Crippen LogP contribution in [0.3, 0.4) is 0 Å². The van der Waals surface area contributed by atoms with E-state index >= 15 is 0 Å². The number of hydrogen-bond donors (Lipinski definition) is 0. The fourth-order valence-corrected chi connectivity index (χ4v) is 4.85. The predicted octanol–water partition coefficient (Wildman–Crippen LogP) is 6.88. The summed E-state index contributed by atoms with van der Waals surface area (Å²) in [5.74, 6) is 0.745. The SMILES string of the molecule is ClCCCCCCOCCOCCOCCOCCOCCOC(c1ccccc1)(c1ccccc1)c1ccccc1. The molecule has 0 aliphatic heterocycles. The highest BCUT2D eigenvalue weighted by atomic mass is 35.5. The smallest absolute Gasteiger partial charge is 0.143 e. The minimum Gasteiger partial charge on any atom is -0.379 e. The summed E-state index contributed by atoms with van der Waals surface area (Å²) < 4.78 is 34.8. The standard InChI is InChI=1S/C35H47ClO6/c36-20-12-1-2-13-21-37-22-23-38-24-25-39-26-27-40-28-29-41-30-31-42-35(32-14-6-3-7-15-32,33-16-8-4-9-17-33)34-18-10-5-11-19-34/h3-11,14-19H,1-2,12-13,20-31H2. The number of alkyl halides is 1. The minimum absolute atomic E-state index is 0.432. The first kappa shape index (κ1) is 34.2. The first-order valence-electron chi connectivity index (χ1n) is 15.1. The van der Waals surface area contributed by atoms with Crippen LogP contribution in [-0.4, -0.2) is 78.6 Å². The van der Waals surface area contributed by atoms with Gasteiger partial charge in [0.05, 0.1) is 66.1 Å². The topological polar surface area (TPSA) is 55.4 Å². The molecule has 0 saturated heterocycles. The van der Waals surface area contributed by atoms with Gasteiger partial charge < -0.3 is 28.4 Å². The average molecular weight is 599 g/mol. The molecule has 3 rings (SSSR count). The molecule has 0 aliphatic carbocycles. The Balaban J connectivity index is 1.26. The van der Waals surface area contributed by atoms with Crippen LogP contribution < -0.4 is 0 Å². The van der Waals surface area contributed by atoms with Crippen LogP contribution in [0.25, 0.3) is 0 Å². The summed E-state index contributed by atoms with van der Waals surface area (Å²) in [4.78, 5) is 0. The fraction of sp³-hybridized carbons (Fsp3) is 0.486. The zero-order chi connectivity index (χ0) is 29.4. The van der Waals surface area contributed by atoms with E-state index in [2.05, 4.69) is 36.4 Å². The molecule has 3 aromatic carbocycles. The van der Waals surface area contributed by atoms with Gasteiger partial charge in [-0.05, 0) is 29.5 Å². The fourth-order valence-electron chi connectivity index (χ4n) is 4.66. The maximum atomic E-state index is 6.72. The Morgan fingerprint density at radius 1 is 0.381 bits per heavy atom.